The van der Waals surface area contributed by atoms with Crippen LogP contribution in [0.15, 0.2) is 58.4 Å². The van der Waals surface area contributed by atoms with Crippen molar-refractivity contribution >= 4 is 45.1 Å². The van der Waals surface area contributed by atoms with Crippen molar-refractivity contribution in [1.82, 2.24) is 20.7 Å². The Balaban J connectivity index is 1.36. The first-order chi connectivity index (χ1) is 18.2. The Kier molecular flexibility index (Phi) is 9.08. The van der Waals surface area contributed by atoms with Crippen molar-refractivity contribution in [3.63, 3.8) is 0 Å². The van der Waals surface area contributed by atoms with Gasteiger partial charge < -0.3 is 26.0 Å². The van der Waals surface area contributed by atoms with Gasteiger partial charge in [0.1, 0.15) is 6.04 Å². The van der Waals surface area contributed by atoms with Gasteiger partial charge in [0.05, 0.1) is 15.5 Å². The molecular weight excluding hydrogens is 532 g/mol. The van der Waals surface area contributed by atoms with Crippen LogP contribution in [0.1, 0.15) is 29.6 Å². The van der Waals surface area contributed by atoms with E-state index in [1.807, 2.05) is 0 Å². The Morgan fingerprint density at radius 3 is 2.66 bits per heavy atom. The molecule has 4 rings (SSSR count). The molecule has 2 heterocycles. The van der Waals surface area contributed by atoms with Crippen LogP contribution in [0, 0.1) is 0 Å². The number of anilines is 1. The number of hydrogen-bond acceptors (Lipinski definition) is 8. The van der Waals surface area contributed by atoms with E-state index in [4.69, 9.17) is 11.6 Å². The van der Waals surface area contributed by atoms with Gasteiger partial charge in [-0.2, -0.15) is 4.72 Å². The van der Waals surface area contributed by atoms with Crippen LogP contribution in [0.25, 0.3) is 0 Å². The molecule has 2 aliphatic rings. The van der Waals surface area contributed by atoms with Crippen LogP contribution in [-0.2, 0) is 14.8 Å². The molecule has 0 saturated carbocycles. The summed E-state index contributed by atoms with van der Waals surface area (Å²) in [6.45, 7) is 2.87. The van der Waals surface area contributed by atoms with Crippen molar-refractivity contribution in [1.29, 1.82) is 0 Å². The number of aliphatic carboxylic acids is 1. The molecule has 11 nitrogen and oxygen atoms in total. The smallest absolute Gasteiger partial charge is 0.323 e. The fraction of sp³-hybridized carbons (Fsp3) is 0.400. The molecule has 0 radical (unpaired) electrons. The Bertz CT molecular complexity index is 1290. The number of sulfonamides is 1. The van der Waals surface area contributed by atoms with Crippen LogP contribution in [0.3, 0.4) is 0 Å². The summed E-state index contributed by atoms with van der Waals surface area (Å²) in [5.41, 5.74) is 1.04. The van der Waals surface area contributed by atoms with Gasteiger partial charge in [0.15, 0.2) is 5.96 Å². The fourth-order valence-electron chi connectivity index (χ4n) is 4.36. The standard InChI is InChI=1S/C25H31ClN6O5S/c26-21-14-18(32-13-4-6-17(16-32)30-25-27-11-5-12-28-25)9-10-20(21)23(33)29-15-22(24(34)35)31-38(36,37)19-7-2-1-3-8-19/h1-3,7-10,14,17,22,31H,4-6,11-13,15-16H2,(H,29,33)(H,34,35)(H2,27,28,30). The fourth-order valence-corrected chi connectivity index (χ4v) is 5.83. The van der Waals surface area contributed by atoms with Crippen LogP contribution >= 0.6 is 11.6 Å². The molecule has 204 valence electrons. The molecule has 1 amide bonds. The van der Waals surface area contributed by atoms with Crippen LogP contribution in [0.5, 0.6) is 0 Å². The molecule has 13 heteroatoms. The number of hydrogen-bond donors (Lipinski definition) is 5. The van der Waals surface area contributed by atoms with Crippen molar-refractivity contribution in [2.75, 3.05) is 37.6 Å². The van der Waals surface area contributed by atoms with Gasteiger partial charge in [-0.3, -0.25) is 14.6 Å². The summed E-state index contributed by atoms with van der Waals surface area (Å²) in [6, 6.07) is 11.2. The van der Waals surface area contributed by atoms with E-state index in [1.54, 1.807) is 24.3 Å². The van der Waals surface area contributed by atoms with Crippen molar-refractivity contribution in [3.8, 4) is 0 Å². The van der Waals surface area contributed by atoms with Gasteiger partial charge in [0, 0.05) is 44.5 Å². The third-order valence-electron chi connectivity index (χ3n) is 6.34. The first kappa shape index (κ1) is 27.7. The summed E-state index contributed by atoms with van der Waals surface area (Å²) in [7, 11) is -4.09. The van der Waals surface area contributed by atoms with E-state index in [0.717, 1.165) is 57.1 Å². The lowest BCUT2D eigenvalue weighted by Gasteiger charge is -2.36. The van der Waals surface area contributed by atoms with Crippen molar-refractivity contribution in [2.24, 2.45) is 4.99 Å². The third kappa shape index (κ3) is 7.15. The number of halogens is 1. The zero-order valence-corrected chi connectivity index (χ0v) is 22.3. The number of carboxylic acids is 1. The van der Waals surface area contributed by atoms with E-state index in [9.17, 15) is 23.1 Å². The minimum absolute atomic E-state index is 0.0747. The summed E-state index contributed by atoms with van der Waals surface area (Å²) in [5.74, 6) is -1.20. The maximum absolute atomic E-state index is 12.8. The second-order valence-corrected chi connectivity index (χ2v) is 11.3. The lowest BCUT2D eigenvalue weighted by Crippen LogP contribution is -2.52. The maximum atomic E-state index is 12.8. The molecule has 2 aromatic carbocycles. The SMILES string of the molecule is O=C(NCC(NS(=O)(=O)c1ccccc1)C(=O)O)c1ccc(N2CCCC(NC3=NCCCN3)C2)cc1Cl. The highest BCUT2D eigenvalue weighted by Gasteiger charge is 2.27. The molecule has 2 aliphatic heterocycles. The van der Waals surface area contributed by atoms with Gasteiger partial charge in [-0.15, -0.1) is 0 Å². The number of carbonyl (C=O) groups is 2. The molecule has 0 aliphatic carbocycles. The highest BCUT2D eigenvalue weighted by atomic mass is 35.5. The number of piperidine rings is 1. The van der Waals surface area contributed by atoms with Crippen LogP contribution in [0.4, 0.5) is 5.69 Å². The van der Waals surface area contributed by atoms with Gasteiger partial charge >= 0.3 is 5.97 Å². The second-order valence-electron chi connectivity index (χ2n) is 9.14. The van der Waals surface area contributed by atoms with E-state index < -0.39 is 34.5 Å². The lowest BCUT2D eigenvalue weighted by molar-refractivity contribution is -0.138. The molecule has 0 aromatic heterocycles. The Hall–Kier alpha value is -3.35. The van der Waals surface area contributed by atoms with Crippen LogP contribution in [0.2, 0.25) is 5.02 Å². The molecule has 2 atom stereocenters. The van der Waals surface area contributed by atoms with E-state index in [1.165, 1.54) is 24.3 Å². The van der Waals surface area contributed by atoms with Gasteiger partial charge in [-0.25, -0.2) is 8.42 Å². The molecule has 38 heavy (non-hydrogen) atoms. The average Bonchev–Trinajstić information content (AvgIpc) is 2.92. The summed E-state index contributed by atoms with van der Waals surface area (Å²) in [4.78, 5) is 31.0. The zero-order valence-electron chi connectivity index (χ0n) is 20.7. The molecule has 2 aromatic rings. The number of benzene rings is 2. The predicted octanol–water partition coefficient (Wildman–Crippen LogP) is 1.41. The van der Waals surface area contributed by atoms with Gasteiger partial charge in [-0.05, 0) is 49.6 Å². The van der Waals surface area contributed by atoms with Gasteiger partial charge in [0.25, 0.3) is 5.91 Å². The van der Waals surface area contributed by atoms with E-state index in [2.05, 4.69) is 30.6 Å². The quantitative estimate of drug-likeness (QED) is 0.307. The number of guanidine groups is 1. The lowest BCUT2D eigenvalue weighted by atomic mass is 10.0. The third-order valence-corrected chi connectivity index (χ3v) is 8.14. The molecule has 1 fully saturated rings. The Morgan fingerprint density at radius 2 is 1.97 bits per heavy atom. The molecule has 0 spiro atoms. The van der Waals surface area contributed by atoms with Crippen molar-refractivity contribution in [2.45, 2.75) is 36.2 Å². The molecule has 2 unspecified atom stereocenters. The average molecular weight is 563 g/mol. The highest BCUT2D eigenvalue weighted by Crippen LogP contribution is 2.26. The minimum atomic E-state index is -4.09. The molecular formula is C25H31ClN6O5S. The Morgan fingerprint density at radius 1 is 1.18 bits per heavy atom. The van der Waals surface area contributed by atoms with Crippen LogP contribution < -0.4 is 25.6 Å². The normalized spacial score (nSPS) is 18.6. The maximum Gasteiger partial charge on any atom is 0.323 e. The molecule has 0 bridgehead atoms. The number of carboxylic acid groups (broad SMARTS) is 1. The summed E-state index contributed by atoms with van der Waals surface area (Å²) in [5, 5.41) is 18.9. The first-order valence-corrected chi connectivity index (χ1v) is 14.3. The molecule has 1 saturated heterocycles. The predicted molar refractivity (Wildman–Crippen MR) is 145 cm³/mol. The first-order valence-electron chi connectivity index (χ1n) is 12.4. The highest BCUT2D eigenvalue weighted by molar-refractivity contribution is 7.89. The largest absolute Gasteiger partial charge is 0.480 e. The minimum Gasteiger partial charge on any atom is -0.480 e. The number of amides is 1. The van der Waals surface area contributed by atoms with E-state index in [0.29, 0.717) is 0 Å². The number of aliphatic imine (C=N–C) groups is 1. The van der Waals surface area contributed by atoms with Crippen LogP contribution in [-0.4, -0.2) is 76.2 Å². The zero-order chi connectivity index (χ0) is 27.1. The summed E-state index contributed by atoms with van der Waals surface area (Å²) in [6.07, 6.45) is 3.03. The van der Waals surface area contributed by atoms with Gasteiger partial charge in [0.2, 0.25) is 10.0 Å². The summed E-state index contributed by atoms with van der Waals surface area (Å²) >= 11 is 6.44. The number of rotatable bonds is 9. The second kappa shape index (κ2) is 12.5. The van der Waals surface area contributed by atoms with Crippen molar-refractivity contribution < 1.29 is 23.1 Å². The molecule has 5 N–H and O–H groups in total. The monoisotopic (exact) mass is 562 g/mol. The van der Waals surface area contributed by atoms with Crippen molar-refractivity contribution in [3.05, 3.63) is 59.1 Å². The van der Waals surface area contributed by atoms with Gasteiger partial charge in [-0.1, -0.05) is 29.8 Å². The van der Waals surface area contributed by atoms with E-state index >= 15 is 0 Å². The van der Waals surface area contributed by atoms with E-state index in [-0.39, 0.29) is 21.5 Å². The number of nitrogens with one attached hydrogen (secondary N) is 4. The summed E-state index contributed by atoms with van der Waals surface area (Å²) < 4.78 is 27.1. The Labute approximate surface area is 226 Å². The topological polar surface area (TPSA) is 152 Å². The number of carbonyl (C=O) groups excluding carboxylic acids is 1. The number of nitrogens with zero attached hydrogens (tertiary/aromatic N) is 2.